The number of carbonyl (C=O) groups is 2. The zero-order chi connectivity index (χ0) is 19.8. The number of imide groups is 1. The number of imidazole rings is 1. The van der Waals surface area contributed by atoms with Gasteiger partial charge >= 0.3 is 12.0 Å². The average molecular weight is 387 g/mol. The molecule has 1 aromatic rings. The van der Waals surface area contributed by atoms with Crippen molar-refractivity contribution in [2.24, 2.45) is 4.99 Å². The Bertz CT molecular complexity index is 839. The summed E-state index contributed by atoms with van der Waals surface area (Å²) in [4.78, 5) is 35.2. The van der Waals surface area contributed by atoms with Gasteiger partial charge in [-0.3, -0.25) is 19.5 Å². The average Bonchev–Trinajstić information content (AvgIpc) is 3.20. The van der Waals surface area contributed by atoms with Gasteiger partial charge in [-0.1, -0.05) is 11.1 Å². The molecule has 9 nitrogen and oxygen atoms in total. The number of hydrogen-bond acceptors (Lipinski definition) is 5. The molecule has 0 radical (unpaired) electrons. The van der Waals surface area contributed by atoms with Crippen molar-refractivity contribution in [2.45, 2.75) is 25.9 Å². The lowest BCUT2D eigenvalue weighted by Gasteiger charge is -2.32. The monoisotopic (exact) mass is 387 g/mol. The Morgan fingerprint density at radius 3 is 2.79 bits per heavy atom. The van der Waals surface area contributed by atoms with E-state index in [0.717, 1.165) is 57.5 Å². The standard InChI is InChI=1S/C19H27N6O3/c1-4-6-24-17(26)15-16(21(3)19(24)27)20-18-23(14(2)13-25(15)18)8-5-7-22-9-11-28-12-10-22/h4,13,15H,1,5-12H2,2-3H3/q+1. The van der Waals surface area contributed by atoms with Gasteiger partial charge < -0.3 is 4.74 Å². The second-order valence-electron chi connectivity index (χ2n) is 7.39. The van der Waals surface area contributed by atoms with Gasteiger partial charge in [0, 0.05) is 33.2 Å². The van der Waals surface area contributed by atoms with E-state index in [1.807, 2.05) is 17.7 Å². The molecule has 0 spiro atoms. The molecule has 0 aromatic carbocycles. The smallest absolute Gasteiger partial charge is 0.379 e. The summed E-state index contributed by atoms with van der Waals surface area (Å²) in [6.45, 7) is 11.2. The summed E-state index contributed by atoms with van der Waals surface area (Å²) in [7, 11) is 1.67. The first-order valence-corrected chi connectivity index (χ1v) is 9.73. The number of ether oxygens (including phenoxy) is 1. The molecule has 0 saturated carbocycles. The summed E-state index contributed by atoms with van der Waals surface area (Å²) >= 11 is 0. The Kier molecular flexibility index (Phi) is 5.03. The molecule has 3 amide bonds. The SMILES string of the molecule is C=CCN1C(=O)C2C(=Nc3n(CCCN4CCOCC4)c(C)c[n+]32)N(C)C1=O. The molecule has 4 rings (SSSR count). The van der Waals surface area contributed by atoms with Crippen molar-refractivity contribution < 1.29 is 18.9 Å². The van der Waals surface area contributed by atoms with Gasteiger partial charge in [-0.15, -0.1) is 6.58 Å². The number of morpholine rings is 1. The number of carbonyl (C=O) groups excluding carboxylic acids is 2. The molecule has 0 aliphatic carbocycles. The summed E-state index contributed by atoms with van der Waals surface area (Å²) < 4.78 is 9.42. The molecule has 28 heavy (non-hydrogen) atoms. The Hall–Kier alpha value is -2.52. The highest BCUT2D eigenvalue weighted by Crippen LogP contribution is 2.29. The molecule has 0 N–H and O–H groups in total. The van der Waals surface area contributed by atoms with Crippen molar-refractivity contribution in [3.8, 4) is 0 Å². The van der Waals surface area contributed by atoms with Crippen LogP contribution < -0.4 is 4.57 Å². The summed E-state index contributed by atoms with van der Waals surface area (Å²) in [6, 6.07) is -0.946. The second-order valence-corrected chi connectivity index (χ2v) is 7.39. The summed E-state index contributed by atoms with van der Waals surface area (Å²) in [5.74, 6) is 0.969. The molecule has 2 saturated heterocycles. The van der Waals surface area contributed by atoms with Gasteiger partial charge in [-0.05, 0) is 13.3 Å². The highest BCUT2D eigenvalue weighted by atomic mass is 16.5. The summed E-state index contributed by atoms with van der Waals surface area (Å²) in [6.07, 6.45) is 4.51. The Balaban J connectivity index is 1.55. The van der Waals surface area contributed by atoms with Gasteiger partial charge in [0.15, 0.2) is 0 Å². The number of urea groups is 1. The normalized spacial score (nSPS) is 22.4. The van der Waals surface area contributed by atoms with E-state index in [4.69, 9.17) is 4.74 Å². The van der Waals surface area contributed by atoms with Crippen LogP contribution in [-0.4, -0.2) is 83.5 Å². The number of amidine groups is 1. The first-order valence-electron chi connectivity index (χ1n) is 9.73. The minimum absolute atomic E-state index is 0.195. The number of aryl methyl sites for hydroxylation is 1. The van der Waals surface area contributed by atoms with Gasteiger partial charge in [-0.2, -0.15) is 0 Å². The van der Waals surface area contributed by atoms with Gasteiger partial charge in [-0.25, -0.2) is 13.9 Å². The molecule has 0 bridgehead atoms. The van der Waals surface area contributed by atoms with Gasteiger partial charge in [0.2, 0.25) is 11.9 Å². The molecule has 150 valence electrons. The molecule has 3 aliphatic rings. The van der Waals surface area contributed by atoms with Crippen LogP contribution in [0.3, 0.4) is 0 Å². The Morgan fingerprint density at radius 2 is 2.07 bits per heavy atom. The third-order valence-corrected chi connectivity index (χ3v) is 5.59. The van der Waals surface area contributed by atoms with E-state index in [9.17, 15) is 9.59 Å². The fourth-order valence-electron chi connectivity index (χ4n) is 4.08. The molecule has 3 aliphatic heterocycles. The maximum atomic E-state index is 13.0. The van der Waals surface area contributed by atoms with E-state index in [2.05, 4.69) is 21.0 Å². The van der Waals surface area contributed by atoms with Crippen molar-refractivity contribution in [1.29, 1.82) is 0 Å². The van der Waals surface area contributed by atoms with Crippen LogP contribution in [0.25, 0.3) is 0 Å². The van der Waals surface area contributed by atoms with Gasteiger partial charge in [0.05, 0.1) is 19.8 Å². The lowest BCUT2D eigenvalue weighted by molar-refractivity contribution is -0.677. The minimum Gasteiger partial charge on any atom is -0.379 e. The van der Waals surface area contributed by atoms with Crippen molar-refractivity contribution in [2.75, 3.05) is 46.4 Å². The maximum absolute atomic E-state index is 13.0. The third-order valence-electron chi connectivity index (χ3n) is 5.59. The number of rotatable bonds is 6. The van der Waals surface area contributed by atoms with Crippen LogP contribution in [0, 0.1) is 6.92 Å². The second kappa shape index (κ2) is 7.48. The quantitative estimate of drug-likeness (QED) is 0.525. The lowest BCUT2D eigenvalue weighted by atomic mass is 10.1. The van der Waals surface area contributed by atoms with Crippen LogP contribution in [0.5, 0.6) is 0 Å². The first-order chi connectivity index (χ1) is 13.5. The number of likely N-dealkylation sites (N-methyl/N-ethyl adjacent to an activating group) is 1. The van der Waals surface area contributed by atoms with E-state index in [1.54, 1.807) is 13.1 Å². The fraction of sp³-hybridized carbons (Fsp3) is 0.579. The van der Waals surface area contributed by atoms with Crippen LogP contribution in [0.2, 0.25) is 0 Å². The van der Waals surface area contributed by atoms with E-state index in [1.165, 1.54) is 9.80 Å². The number of nitrogens with zero attached hydrogens (tertiary/aromatic N) is 6. The van der Waals surface area contributed by atoms with Crippen LogP contribution >= 0.6 is 0 Å². The largest absolute Gasteiger partial charge is 0.401 e. The van der Waals surface area contributed by atoms with E-state index < -0.39 is 6.04 Å². The third kappa shape index (κ3) is 3.04. The van der Waals surface area contributed by atoms with Crippen LogP contribution in [0.4, 0.5) is 10.7 Å². The minimum atomic E-state index is -0.586. The summed E-state index contributed by atoms with van der Waals surface area (Å²) in [5, 5.41) is 0. The predicted molar refractivity (Wildman–Crippen MR) is 102 cm³/mol. The molecule has 1 unspecified atom stereocenters. The van der Waals surface area contributed by atoms with Crippen molar-refractivity contribution >= 4 is 23.7 Å². The lowest BCUT2D eigenvalue weighted by Crippen LogP contribution is -2.62. The number of fused-ring (bicyclic) bond motifs is 3. The fourth-order valence-corrected chi connectivity index (χ4v) is 4.08. The molecular formula is C19H27N6O3+. The number of amides is 3. The van der Waals surface area contributed by atoms with E-state index in [-0.39, 0.29) is 18.5 Å². The van der Waals surface area contributed by atoms with Crippen molar-refractivity contribution in [3.63, 3.8) is 0 Å². The number of aliphatic imine (C=N–C) groups is 1. The molecule has 9 heteroatoms. The highest BCUT2D eigenvalue weighted by molar-refractivity contribution is 6.19. The van der Waals surface area contributed by atoms with Gasteiger partial charge in [0.25, 0.3) is 5.91 Å². The number of hydrogen-bond donors (Lipinski definition) is 0. The summed E-state index contributed by atoms with van der Waals surface area (Å²) in [5.41, 5.74) is 1.06. The molecule has 1 aromatic heterocycles. The Labute approximate surface area is 164 Å². The maximum Gasteiger partial charge on any atom is 0.401 e. The van der Waals surface area contributed by atoms with E-state index in [0.29, 0.717) is 5.84 Å². The van der Waals surface area contributed by atoms with Crippen molar-refractivity contribution in [1.82, 2.24) is 19.3 Å². The zero-order valence-corrected chi connectivity index (χ0v) is 16.5. The topological polar surface area (TPSA) is 74.3 Å². The molecule has 1 atom stereocenters. The molecular weight excluding hydrogens is 360 g/mol. The molecule has 4 heterocycles. The first kappa shape index (κ1) is 18.8. The zero-order valence-electron chi connectivity index (χ0n) is 16.5. The Morgan fingerprint density at radius 1 is 1.32 bits per heavy atom. The van der Waals surface area contributed by atoms with Crippen molar-refractivity contribution in [3.05, 3.63) is 24.5 Å². The predicted octanol–water partition coefficient (Wildman–Crippen LogP) is 0.471. The highest BCUT2D eigenvalue weighted by Gasteiger charge is 2.52. The van der Waals surface area contributed by atoms with Crippen LogP contribution in [-0.2, 0) is 16.1 Å². The van der Waals surface area contributed by atoms with Crippen LogP contribution in [0.1, 0.15) is 18.2 Å². The van der Waals surface area contributed by atoms with Gasteiger partial charge in [0.1, 0.15) is 11.9 Å². The van der Waals surface area contributed by atoms with E-state index >= 15 is 0 Å². The van der Waals surface area contributed by atoms with Crippen LogP contribution in [0.15, 0.2) is 23.8 Å². The molecule has 2 fully saturated rings. The number of aromatic nitrogens is 2.